The molecule has 1 aromatic rings. The average Bonchev–Trinajstić information content (AvgIpc) is 2.62. The van der Waals surface area contributed by atoms with Crippen molar-refractivity contribution in [1.82, 2.24) is 10.2 Å². The lowest BCUT2D eigenvalue weighted by Crippen LogP contribution is -2.55. The van der Waals surface area contributed by atoms with Crippen LogP contribution in [-0.4, -0.2) is 63.9 Å². The summed E-state index contributed by atoms with van der Waals surface area (Å²) in [4.78, 5) is 14.4. The van der Waals surface area contributed by atoms with Gasteiger partial charge in [0.05, 0.1) is 13.7 Å². The standard InChI is InChI=1S/C17H26N2O4.ClH/c1-19(16(20)17(22-3)8-10-18-11-9-17)12-13-23-15-6-4-14(21-2)5-7-15;/h4-7,18H,8-13H2,1-3H3;1H. The third-order valence-corrected chi connectivity index (χ3v) is 4.29. The first kappa shape index (κ1) is 20.5. The van der Waals surface area contributed by atoms with E-state index in [0.29, 0.717) is 26.0 Å². The van der Waals surface area contributed by atoms with Crippen molar-refractivity contribution in [3.8, 4) is 11.5 Å². The first-order chi connectivity index (χ1) is 11.1. The molecular weight excluding hydrogens is 332 g/mol. The third kappa shape index (κ3) is 5.00. The summed E-state index contributed by atoms with van der Waals surface area (Å²) in [7, 11) is 5.04. The van der Waals surface area contributed by atoms with E-state index in [4.69, 9.17) is 14.2 Å². The van der Waals surface area contributed by atoms with Gasteiger partial charge in [0, 0.05) is 14.2 Å². The van der Waals surface area contributed by atoms with Gasteiger partial charge in [-0.25, -0.2) is 0 Å². The van der Waals surface area contributed by atoms with Crippen LogP contribution in [0.1, 0.15) is 12.8 Å². The van der Waals surface area contributed by atoms with Crippen LogP contribution in [-0.2, 0) is 9.53 Å². The molecule has 2 rings (SSSR count). The number of halogens is 1. The van der Waals surface area contributed by atoms with Gasteiger partial charge in [-0.05, 0) is 50.2 Å². The van der Waals surface area contributed by atoms with Crippen molar-refractivity contribution >= 4 is 18.3 Å². The van der Waals surface area contributed by atoms with E-state index in [1.165, 1.54) is 0 Å². The number of benzene rings is 1. The highest BCUT2D eigenvalue weighted by atomic mass is 35.5. The van der Waals surface area contributed by atoms with Crippen LogP contribution < -0.4 is 14.8 Å². The van der Waals surface area contributed by atoms with Gasteiger partial charge >= 0.3 is 0 Å². The molecule has 1 aromatic carbocycles. The Bertz CT molecular complexity index is 504. The fourth-order valence-corrected chi connectivity index (χ4v) is 2.76. The molecule has 0 bridgehead atoms. The molecule has 1 N–H and O–H groups in total. The molecule has 0 aliphatic carbocycles. The average molecular weight is 359 g/mol. The molecule has 24 heavy (non-hydrogen) atoms. The Morgan fingerprint density at radius 2 is 1.75 bits per heavy atom. The van der Waals surface area contributed by atoms with E-state index in [1.54, 1.807) is 26.2 Å². The van der Waals surface area contributed by atoms with Crippen molar-refractivity contribution in [2.45, 2.75) is 18.4 Å². The molecule has 1 amide bonds. The Balaban J connectivity index is 0.00000288. The molecule has 0 spiro atoms. The summed E-state index contributed by atoms with van der Waals surface area (Å²) in [5.41, 5.74) is -0.694. The number of carbonyl (C=O) groups is 1. The van der Waals surface area contributed by atoms with E-state index in [9.17, 15) is 4.79 Å². The molecular formula is C17H27ClN2O4. The van der Waals surface area contributed by atoms with Gasteiger partial charge in [-0.15, -0.1) is 12.4 Å². The Morgan fingerprint density at radius 1 is 1.17 bits per heavy atom. The summed E-state index contributed by atoms with van der Waals surface area (Å²) in [5, 5.41) is 3.26. The third-order valence-electron chi connectivity index (χ3n) is 4.29. The number of hydrogen-bond donors (Lipinski definition) is 1. The number of methoxy groups -OCH3 is 2. The van der Waals surface area contributed by atoms with E-state index in [2.05, 4.69) is 5.32 Å². The molecule has 1 aliphatic rings. The maximum atomic E-state index is 12.7. The molecule has 1 heterocycles. The normalized spacial score (nSPS) is 16.0. The first-order valence-corrected chi connectivity index (χ1v) is 7.89. The second-order valence-electron chi connectivity index (χ2n) is 5.70. The summed E-state index contributed by atoms with van der Waals surface area (Å²) < 4.78 is 16.4. The number of hydrogen-bond acceptors (Lipinski definition) is 5. The maximum absolute atomic E-state index is 12.7. The molecule has 6 nitrogen and oxygen atoms in total. The van der Waals surface area contributed by atoms with Crippen LogP contribution in [0.2, 0.25) is 0 Å². The maximum Gasteiger partial charge on any atom is 0.254 e. The van der Waals surface area contributed by atoms with Crippen molar-refractivity contribution < 1.29 is 19.0 Å². The van der Waals surface area contributed by atoms with Gasteiger partial charge in [-0.1, -0.05) is 0 Å². The molecule has 0 radical (unpaired) electrons. The Hall–Kier alpha value is -1.50. The summed E-state index contributed by atoms with van der Waals surface area (Å²) in [6, 6.07) is 7.40. The van der Waals surface area contributed by atoms with E-state index in [1.807, 2.05) is 24.3 Å². The quantitative estimate of drug-likeness (QED) is 0.804. The van der Waals surface area contributed by atoms with E-state index < -0.39 is 5.60 Å². The van der Waals surface area contributed by atoms with Crippen LogP contribution in [0, 0.1) is 0 Å². The Kier molecular flexibility index (Phi) is 8.31. The molecule has 0 saturated carbocycles. The zero-order valence-corrected chi connectivity index (χ0v) is 15.4. The van der Waals surface area contributed by atoms with Crippen LogP contribution in [0.5, 0.6) is 11.5 Å². The lowest BCUT2D eigenvalue weighted by Gasteiger charge is -2.37. The number of ether oxygens (including phenoxy) is 3. The highest BCUT2D eigenvalue weighted by Gasteiger charge is 2.41. The van der Waals surface area contributed by atoms with Crippen molar-refractivity contribution in [2.24, 2.45) is 0 Å². The lowest BCUT2D eigenvalue weighted by atomic mass is 9.90. The number of carbonyl (C=O) groups excluding carboxylic acids is 1. The van der Waals surface area contributed by atoms with Crippen LogP contribution in [0.3, 0.4) is 0 Å². The van der Waals surface area contributed by atoms with Crippen molar-refractivity contribution in [1.29, 1.82) is 0 Å². The van der Waals surface area contributed by atoms with Crippen LogP contribution in [0.15, 0.2) is 24.3 Å². The minimum atomic E-state index is -0.694. The summed E-state index contributed by atoms with van der Waals surface area (Å²) in [6.45, 7) is 2.56. The SMILES string of the molecule is COc1ccc(OCCN(C)C(=O)C2(OC)CCNCC2)cc1.Cl. The second kappa shape index (κ2) is 9.71. The fourth-order valence-electron chi connectivity index (χ4n) is 2.76. The van der Waals surface area contributed by atoms with Gasteiger partial charge in [-0.2, -0.15) is 0 Å². The van der Waals surface area contributed by atoms with Crippen LogP contribution >= 0.6 is 12.4 Å². The summed E-state index contributed by atoms with van der Waals surface area (Å²) >= 11 is 0. The van der Waals surface area contributed by atoms with E-state index in [0.717, 1.165) is 24.6 Å². The Morgan fingerprint density at radius 3 is 2.29 bits per heavy atom. The molecule has 0 unspecified atom stereocenters. The summed E-state index contributed by atoms with van der Waals surface area (Å²) in [5.74, 6) is 1.58. The number of piperidine rings is 1. The van der Waals surface area contributed by atoms with Crippen molar-refractivity contribution in [3.05, 3.63) is 24.3 Å². The lowest BCUT2D eigenvalue weighted by molar-refractivity contribution is -0.157. The predicted molar refractivity (Wildman–Crippen MR) is 95.2 cm³/mol. The van der Waals surface area contributed by atoms with Crippen molar-refractivity contribution in [3.63, 3.8) is 0 Å². The molecule has 1 fully saturated rings. The smallest absolute Gasteiger partial charge is 0.254 e. The number of rotatable bonds is 7. The van der Waals surface area contributed by atoms with Crippen LogP contribution in [0.4, 0.5) is 0 Å². The molecule has 1 saturated heterocycles. The number of likely N-dealkylation sites (N-methyl/N-ethyl adjacent to an activating group) is 1. The zero-order valence-electron chi connectivity index (χ0n) is 14.5. The Labute approximate surface area is 149 Å². The minimum absolute atomic E-state index is 0. The van der Waals surface area contributed by atoms with E-state index >= 15 is 0 Å². The van der Waals surface area contributed by atoms with Crippen LogP contribution in [0.25, 0.3) is 0 Å². The molecule has 1 aliphatic heterocycles. The second-order valence-corrected chi connectivity index (χ2v) is 5.70. The molecule has 0 aromatic heterocycles. The highest BCUT2D eigenvalue weighted by Crippen LogP contribution is 2.24. The molecule has 0 atom stereocenters. The summed E-state index contributed by atoms with van der Waals surface area (Å²) in [6.07, 6.45) is 1.40. The molecule has 136 valence electrons. The topological polar surface area (TPSA) is 60.0 Å². The minimum Gasteiger partial charge on any atom is -0.497 e. The number of nitrogens with one attached hydrogen (secondary N) is 1. The monoisotopic (exact) mass is 358 g/mol. The number of nitrogens with zero attached hydrogens (tertiary/aromatic N) is 1. The fraction of sp³-hybridized carbons (Fsp3) is 0.588. The van der Waals surface area contributed by atoms with E-state index in [-0.39, 0.29) is 18.3 Å². The van der Waals surface area contributed by atoms with Gasteiger partial charge in [-0.3, -0.25) is 4.79 Å². The van der Waals surface area contributed by atoms with Gasteiger partial charge in [0.1, 0.15) is 23.7 Å². The predicted octanol–water partition coefficient (Wildman–Crippen LogP) is 1.72. The zero-order chi connectivity index (χ0) is 16.7. The number of amides is 1. The molecule has 7 heteroatoms. The van der Waals surface area contributed by atoms with Gasteiger partial charge in [0.25, 0.3) is 5.91 Å². The highest BCUT2D eigenvalue weighted by molar-refractivity contribution is 5.85. The van der Waals surface area contributed by atoms with Gasteiger partial charge in [0.2, 0.25) is 0 Å². The first-order valence-electron chi connectivity index (χ1n) is 7.89. The van der Waals surface area contributed by atoms with Gasteiger partial charge < -0.3 is 24.4 Å². The largest absolute Gasteiger partial charge is 0.497 e. The van der Waals surface area contributed by atoms with Gasteiger partial charge in [0.15, 0.2) is 0 Å². The van der Waals surface area contributed by atoms with Crippen molar-refractivity contribution in [2.75, 3.05) is 47.5 Å².